The van der Waals surface area contributed by atoms with Gasteiger partial charge in [0.15, 0.2) is 12.5 Å². The van der Waals surface area contributed by atoms with Gasteiger partial charge in [0.1, 0.15) is 0 Å². The molecule has 0 aliphatic heterocycles. The maximum Gasteiger partial charge on any atom is 0.188 e. The topological polar surface area (TPSA) is 45.8 Å². The molecular weight excluding hydrogens is 164 g/mol. The summed E-state index contributed by atoms with van der Waals surface area (Å²) in [5, 5.41) is 9.56. The standard InChI is InChI=1S/C10H6N2O/c11-7-12-5-8(6-13)9-3-1-2-4-10(9)12/h1-6H. The van der Waals surface area contributed by atoms with Crippen molar-refractivity contribution in [3.8, 4) is 6.19 Å². The van der Waals surface area contributed by atoms with Crippen LogP contribution in [0.4, 0.5) is 0 Å². The van der Waals surface area contributed by atoms with E-state index in [1.54, 1.807) is 0 Å². The van der Waals surface area contributed by atoms with Crippen LogP contribution in [0.15, 0.2) is 30.5 Å². The number of hydrogen-bond acceptors (Lipinski definition) is 2. The molecule has 0 fully saturated rings. The summed E-state index contributed by atoms with van der Waals surface area (Å²) < 4.78 is 1.39. The van der Waals surface area contributed by atoms with E-state index in [1.807, 2.05) is 30.5 Å². The van der Waals surface area contributed by atoms with Gasteiger partial charge in [-0.25, -0.2) is 0 Å². The van der Waals surface area contributed by atoms with Crippen LogP contribution in [0, 0.1) is 11.5 Å². The van der Waals surface area contributed by atoms with E-state index in [4.69, 9.17) is 5.26 Å². The zero-order chi connectivity index (χ0) is 9.26. The van der Waals surface area contributed by atoms with Crippen LogP contribution in [0.5, 0.6) is 0 Å². The van der Waals surface area contributed by atoms with Gasteiger partial charge in [-0.2, -0.15) is 5.26 Å². The zero-order valence-electron chi connectivity index (χ0n) is 6.77. The van der Waals surface area contributed by atoms with Crippen molar-refractivity contribution in [1.29, 1.82) is 5.26 Å². The third-order valence-corrected chi connectivity index (χ3v) is 1.98. The van der Waals surface area contributed by atoms with E-state index in [9.17, 15) is 4.79 Å². The second-order valence-electron chi connectivity index (χ2n) is 2.69. The molecule has 3 heteroatoms. The van der Waals surface area contributed by atoms with Crippen LogP contribution in [-0.2, 0) is 0 Å². The van der Waals surface area contributed by atoms with Crippen LogP contribution in [0.25, 0.3) is 10.9 Å². The Balaban J connectivity index is 2.92. The second-order valence-corrected chi connectivity index (χ2v) is 2.69. The van der Waals surface area contributed by atoms with Crippen molar-refractivity contribution >= 4 is 17.2 Å². The molecule has 0 bridgehead atoms. The molecule has 0 saturated carbocycles. The molecule has 1 aromatic carbocycles. The summed E-state index contributed by atoms with van der Waals surface area (Å²) in [6, 6.07) is 7.32. The first-order chi connectivity index (χ1) is 6.36. The Morgan fingerprint density at radius 3 is 2.85 bits per heavy atom. The van der Waals surface area contributed by atoms with Crippen LogP contribution in [-0.4, -0.2) is 10.9 Å². The molecule has 1 heterocycles. The van der Waals surface area contributed by atoms with Gasteiger partial charge in [0.2, 0.25) is 0 Å². The second kappa shape index (κ2) is 2.76. The van der Waals surface area contributed by atoms with Crippen LogP contribution in [0.1, 0.15) is 10.4 Å². The van der Waals surface area contributed by atoms with Gasteiger partial charge >= 0.3 is 0 Å². The fraction of sp³-hybridized carbons (Fsp3) is 0. The molecule has 1 aromatic heterocycles. The Hall–Kier alpha value is -2.08. The van der Waals surface area contributed by atoms with Crippen LogP contribution in [0.3, 0.4) is 0 Å². The summed E-state index contributed by atoms with van der Waals surface area (Å²) in [6.07, 6.45) is 4.28. The maximum atomic E-state index is 10.6. The molecule has 0 N–H and O–H groups in total. The molecule has 3 nitrogen and oxygen atoms in total. The highest BCUT2D eigenvalue weighted by molar-refractivity contribution is 5.97. The van der Waals surface area contributed by atoms with Crippen molar-refractivity contribution in [2.45, 2.75) is 0 Å². The van der Waals surface area contributed by atoms with Crippen molar-refractivity contribution in [3.63, 3.8) is 0 Å². The Bertz CT molecular complexity index is 505. The number of nitriles is 1. The lowest BCUT2D eigenvalue weighted by atomic mass is 10.2. The highest BCUT2D eigenvalue weighted by atomic mass is 16.1. The van der Waals surface area contributed by atoms with Crippen molar-refractivity contribution in [2.75, 3.05) is 0 Å². The summed E-state index contributed by atoms with van der Waals surface area (Å²) in [5.74, 6) is 0. The Labute approximate surface area is 74.8 Å². The van der Waals surface area contributed by atoms with Crippen molar-refractivity contribution < 1.29 is 4.79 Å². The van der Waals surface area contributed by atoms with E-state index in [-0.39, 0.29) is 0 Å². The highest BCUT2D eigenvalue weighted by Crippen LogP contribution is 2.18. The van der Waals surface area contributed by atoms with Gasteiger partial charge in [0.05, 0.1) is 5.52 Å². The Kier molecular flexibility index (Phi) is 1.60. The summed E-state index contributed by atoms with van der Waals surface area (Å²) in [5.41, 5.74) is 1.32. The van der Waals surface area contributed by atoms with Crippen molar-refractivity contribution in [1.82, 2.24) is 4.57 Å². The first kappa shape index (κ1) is 7.56. The van der Waals surface area contributed by atoms with Crippen molar-refractivity contribution in [2.24, 2.45) is 0 Å². The fourth-order valence-electron chi connectivity index (χ4n) is 1.38. The van der Waals surface area contributed by atoms with E-state index in [0.29, 0.717) is 5.56 Å². The first-order valence-corrected chi connectivity index (χ1v) is 3.82. The number of fused-ring (bicyclic) bond motifs is 1. The number of aldehydes is 1. The number of para-hydroxylation sites is 1. The first-order valence-electron chi connectivity index (χ1n) is 3.82. The average Bonchev–Trinajstić information content (AvgIpc) is 2.56. The summed E-state index contributed by atoms with van der Waals surface area (Å²) in [6.45, 7) is 0. The van der Waals surface area contributed by atoms with E-state index in [1.165, 1.54) is 10.8 Å². The molecule has 62 valence electrons. The predicted molar refractivity (Wildman–Crippen MR) is 48.3 cm³/mol. The molecule has 0 radical (unpaired) electrons. The minimum atomic E-state index is 0.553. The molecule has 0 unspecified atom stereocenters. The largest absolute Gasteiger partial charge is 0.298 e. The molecule has 2 rings (SSSR count). The van der Waals surface area contributed by atoms with Crippen LogP contribution in [0.2, 0.25) is 0 Å². The molecule has 2 aromatic rings. The third-order valence-electron chi connectivity index (χ3n) is 1.98. The van der Waals surface area contributed by atoms with Crippen LogP contribution >= 0.6 is 0 Å². The smallest absolute Gasteiger partial charge is 0.188 e. The monoisotopic (exact) mass is 170 g/mol. The minimum absolute atomic E-state index is 0.553. The van der Waals surface area contributed by atoms with Gasteiger partial charge in [-0.3, -0.25) is 9.36 Å². The normalized spacial score (nSPS) is 9.77. The summed E-state index contributed by atoms with van der Waals surface area (Å²) >= 11 is 0. The van der Waals surface area contributed by atoms with E-state index in [2.05, 4.69) is 0 Å². The number of rotatable bonds is 1. The molecule has 0 atom stereocenters. The average molecular weight is 170 g/mol. The number of nitrogens with zero attached hydrogens (tertiary/aromatic N) is 2. The highest BCUT2D eigenvalue weighted by Gasteiger charge is 2.05. The molecule has 0 spiro atoms. The quantitative estimate of drug-likeness (QED) is 0.612. The summed E-state index contributed by atoms with van der Waals surface area (Å²) in [4.78, 5) is 10.6. The summed E-state index contributed by atoms with van der Waals surface area (Å²) in [7, 11) is 0. The molecule has 0 saturated heterocycles. The third kappa shape index (κ3) is 1.00. The van der Waals surface area contributed by atoms with E-state index in [0.717, 1.165) is 17.2 Å². The maximum absolute atomic E-state index is 10.6. The van der Waals surface area contributed by atoms with E-state index < -0.39 is 0 Å². The van der Waals surface area contributed by atoms with E-state index >= 15 is 0 Å². The van der Waals surface area contributed by atoms with Gasteiger partial charge < -0.3 is 0 Å². The lowest BCUT2D eigenvalue weighted by Crippen LogP contribution is -1.82. The molecule has 13 heavy (non-hydrogen) atoms. The van der Waals surface area contributed by atoms with Gasteiger partial charge in [0.25, 0.3) is 0 Å². The molecule has 0 aliphatic rings. The lowest BCUT2D eigenvalue weighted by molar-refractivity contribution is 0.112. The predicted octanol–water partition coefficient (Wildman–Crippen LogP) is 1.78. The Morgan fingerprint density at radius 2 is 2.15 bits per heavy atom. The minimum Gasteiger partial charge on any atom is -0.298 e. The molecule has 0 amide bonds. The molecular formula is C10H6N2O. The SMILES string of the molecule is N#Cn1cc(C=O)c2ccccc21. The molecule has 0 aliphatic carbocycles. The Morgan fingerprint density at radius 1 is 1.38 bits per heavy atom. The number of aromatic nitrogens is 1. The fourth-order valence-corrected chi connectivity index (χ4v) is 1.38. The van der Waals surface area contributed by atoms with Gasteiger partial charge in [-0.15, -0.1) is 0 Å². The number of carbonyl (C=O) groups is 1. The van der Waals surface area contributed by atoms with Crippen LogP contribution < -0.4 is 0 Å². The number of hydrogen-bond donors (Lipinski definition) is 0. The number of benzene rings is 1. The zero-order valence-corrected chi connectivity index (χ0v) is 6.77. The van der Waals surface area contributed by atoms with Gasteiger partial charge in [-0.1, -0.05) is 18.2 Å². The lowest BCUT2D eigenvalue weighted by Gasteiger charge is -1.89. The van der Waals surface area contributed by atoms with Gasteiger partial charge in [-0.05, 0) is 6.07 Å². The van der Waals surface area contributed by atoms with Crippen molar-refractivity contribution in [3.05, 3.63) is 36.0 Å². The number of carbonyl (C=O) groups excluding carboxylic acids is 1. The van der Waals surface area contributed by atoms with Gasteiger partial charge in [0, 0.05) is 17.1 Å².